The van der Waals surface area contributed by atoms with Crippen molar-refractivity contribution in [1.82, 2.24) is 4.90 Å². The number of carbonyl (C=O) groups excluding carboxylic acids is 1. The molecule has 15 heavy (non-hydrogen) atoms. The zero-order valence-corrected chi connectivity index (χ0v) is 8.21. The van der Waals surface area contributed by atoms with Gasteiger partial charge in [0.2, 0.25) is 0 Å². The average Bonchev–Trinajstić information content (AvgIpc) is 2.48. The zero-order chi connectivity index (χ0) is 11.9. The number of nitrogens with zero attached hydrogens (tertiary/aromatic N) is 1. The van der Waals surface area contributed by atoms with E-state index in [2.05, 4.69) is 0 Å². The summed E-state index contributed by atoms with van der Waals surface area (Å²) in [6.07, 6.45) is -5.24. The molecule has 0 spiro atoms. The van der Waals surface area contributed by atoms with Crippen LogP contribution in [0.25, 0.3) is 0 Å². The summed E-state index contributed by atoms with van der Waals surface area (Å²) < 4.78 is 37.2. The lowest BCUT2D eigenvalue weighted by atomic mass is 10.0. The highest BCUT2D eigenvalue weighted by Gasteiger charge is 2.55. The number of hydrogen-bond acceptors (Lipinski definition) is 3. The number of aliphatic hydroxyl groups is 1. The van der Waals surface area contributed by atoms with Crippen LogP contribution in [0.5, 0.6) is 0 Å². The lowest BCUT2D eigenvalue weighted by Crippen LogP contribution is -2.61. The summed E-state index contributed by atoms with van der Waals surface area (Å²) in [6, 6.07) is 0. The van der Waals surface area contributed by atoms with Crippen LogP contribution in [0.15, 0.2) is 0 Å². The third-order valence-corrected chi connectivity index (χ3v) is 2.48. The number of likely N-dealkylation sites (tertiary alicyclic amines) is 1. The molecule has 1 unspecified atom stereocenters. The van der Waals surface area contributed by atoms with Gasteiger partial charge >= 0.3 is 6.18 Å². The molecule has 1 fully saturated rings. The lowest BCUT2D eigenvalue weighted by molar-refractivity contribution is -0.193. The summed E-state index contributed by atoms with van der Waals surface area (Å²) in [7, 11) is 0. The van der Waals surface area contributed by atoms with Crippen LogP contribution in [-0.2, 0) is 4.79 Å². The smallest absolute Gasteiger partial charge is 0.391 e. The zero-order valence-electron chi connectivity index (χ0n) is 8.21. The first-order valence-corrected chi connectivity index (χ1v) is 4.49. The van der Waals surface area contributed by atoms with Gasteiger partial charge in [-0.15, -0.1) is 0 Å². The van der Waals surface area contributed by atoms with Crippen molar-refractivity contribution in [3.05, 3.63) is 0 Å². The summed E-state index contributed by atoms with van der Waals surface area (Å²) in [4.78, 5) is 12.4. The van der Waals surface area contributed by atoms with Gasteiger partial charge in [0.25, 0.3) is 5.91 Å². The fourth-order valence-corrected chi connectivity index (χ4v) is 1.38. The fraction of sp³-hybridized carbons (Fsp3) is 0.875. The van der Waals surface area contributed by atoms with Crippen molar-refractivity contribution in [1.29, 1.82) is 0 Å². The Balaban J connectivity index is 2.76. The summed E-state index contributed by atoms with van der Waals surface area (Å²) >= 11 is 0. The molecule has 0 aromatic rings. The number of rotatable bonds is 1. The Morgan fingerprint density at radius 2 is 2.07 bits per heavy atom. The highest BCUT2D eigenvalue weighted by Crippen LogP contribution is 2.30. The van der Waals surface area contributed by atoms with E-state index < -0.39 is 23.7 Å². The Labute approximate surface area is 84.8 Å². The predicted molar refractivity (Wildman–Crippen MR) is 45.9 cm³/mol. The van der Waals surface area contributed by atoms with Crippen LogP contribution in [0.4, 0.5) is 13.2 Å². The maximum absolute atomic E-state index is 12.4. The summed E-state index contributed by atoms with van der Waals surface area (Å²) in [5.41, 5.74) is 2.09. The number of aliphatic hydroxyl groups excluding tert-OH is 1. The standard InChI is InChI=1S/C8H13F3N2O2/c1-7(12,8(9,10)11)6(15)13-3-2-5(14)4-13/h5,14H,2-4,12H2,1H3/t5-,7?/m1/s1. The van der Waals surface area contributed by atoms with E-state index >= 15 is 0 Å². The van der Waals surface area contributed by atoms with Crippen LogP contribution in [0, 0.1) is 0 Å². The van der Waals surface area contributed by atoms with Crippen LogP contribution >= 0.6 is 0 Å². The van der Waals surface area contributed by atoms with Crippen LogP contribution in [-0.4, -0.2) is 46.8 Å². The quantitative estimate of drug-likeness (QED) is 0.654. The summed E-state index contributed by atoms with van der Waals surface area (Å²) in [5.74, 6) is -1.19. The number of hydrogen-bond donors (Lipinski definition) is 2. The van der Waals surface area contributed by atoms with Crippen molar-refractivity contribution in [2.75, 3.05) is 13.1 Å². The Bertz CT molecular complexity index is 265. The van der Waals surface area contributed by atoms with Gasteiger partial charge in [-0.1, -0.05) is 0 Å². The molecule has 0 aromatic carbocycles. The van der Waals surface area contributed by atoms with Gasteiger partial charge in [0.1, 0.15) is 0 Å². The van der Waals surface area contributed by atoms with Crippen LogP contribution < -0.4 is 5.73 Å². The fourth-order valence-electron chi connectivity index (χ4n) is 1.38. The monoisotopic (exact) mass is 226 g/mol. The van der Waals surface area contributed by atoms with Crippen molar-refractivity contribution >= 4 is 5.91 Å². The number of halogens is 3. The molecule has 1 aliphatic heterocycles. The largest absolute Gasteiger partial charge is 0.415 e. The SMILES string of the molecule is CC(N)(C(=O)N1CC[C@@H](O)C1)C(F)(F)F. The molecule has 1 rings (SSSR count). The molecule has 1 amide bonds. The van der Waals surface area contributed by atoms with Gasteiger partial charge in [0, 0.05) is 13.1 Å². The molecule has 2 atom stereocenters. The van der Waals surface area contributed by atoms with Gasteiger partial charge in [-0.3, -0.25) is 4.79 Å². The first-order valence-electron chi connectivity index (χ1n) is 4.49. The van der Waals surface area contributed by atoms with E-state index in [-0.39, 0.29) is 13.1 Å². The number of alkyl halides is 3. The molecule has 1 heterocycles. The second-order valence-electron chi connectivity index (χ2n) is 3.89. The number of nitrogens with two attached hydrogens (primary N) is 1. The Morgan fingerprint density at radius 3 is 2.40 bits per heavy atom. The molecule has 1 saturated heterocycles. The van der Waals surface area contributed by atoms with Gasteiger partial charge in [-0.25, -0.2) is 0 Å². The highest BCUT2D eigenvalue weighted by atomic mass is 19.4. The number of carbonyl (C=O) groups is 1. The van der Waals surface area contributed by atoms with Gasteiger partial charge in [-0.2, -0.15) is 13.2 Å². The number of amides is 1. The van der Waals surface area contributed by atoms with Crippen LogP contribution in [0.3, 0.4) is 0 Å². The average molecular weight is 226 g/mol. The third-order valence-electron chi connectivity index (χ3n) is 2.48. The van der Waals surface area contributed by atoms with Crippen molar-refractivity contribution in [2.24, 2.45) is 5.73 Å². The molecule has 0 aliphatic carbocycles. The van der Waals surface area contributed by atoms with Crippen molar-refractivity contribution in [2.45, 2.75) is 31.2 Å². The topological polar surface area (TPSA) is 66.6 Å². The minimum absolute atomic E-state index is 0.0816. The minimum atomic E-state index is -4.78. The summed E-state index contributed by atoms with van der Waals surface area (Å²) in [6.45, 7) is 0.671. The van der Waals surface area contributed by atoms with Gasteiger partial charge in [-0.05, 0) is 13.3 Å². The Morgan fingerprint density at radius 1 is 1.53 bits per heavy atom. The van der Waals surface area contributed by atoms with Crippen molar-refractivity contribution < 1.29 is 23.1 Å². The maximum Gasteiger partial charge on any atom is 0.415 e. The van der Waals surface area contributed by atoms with E-state index in [0.717, 1.165) is 4.90 Å². The lowest BCUT2D eigenvalue weighted by Gasteiger charge is -2.30. The second kappa shape index (κ2) is 3.64. The second-order valence-corrected chi connectivity index (χ2v) is 3.89. The van der Waals surface area contributed by atoms with Crippen LogP contribution in [0.2, 0.25) is 0 Å². The first-order chi connectivity index (χ1) is 6.66. The van der Waals surface area contributed by atoms with E-state index in [1.165, 1.54) is 0 Å². The summed E-state index contributed by atoms with van der Waals surface area (Å²) in [5, 5.41) is 9.10. The molecule has 0 bridgehead atoms. The van der Waals surface area contributed by atoms with Gasteiger partial charge < -0.3 is 15.7 Å². The van der Waals surface area contributed by atoms with E-state index in [4.69, 9.17) is 10.8 Å². The highest BCUT2D eigenvalue weighted by molar-refractivity contribution is 5.87. The molecule has 7 heteroatoms. The Kier molecular flexibility index (Phi) is 2.97. The van der Waals surface area contributed by atoms with Crippen molar-refractivity contribution in [3.63, 3.8) is 0 Å². The molecule has 1 aliphatic rings. The van der Waals surface area contributed by atoms with E-state index in [0.29, 0.717) is 13.3 Å². The van der Waals surface area contributed by atoms with Gasteiger partial charge in [0.15, 0.2) is 5.54 Å². The Hall–Kier alpha value is -0.820. The minimum Gasteiger partial charge on any atom is -0.391 e. The predicted octanol–water partition coefficient (Wildman–Crippen LogP) is -0.141. The van der Waals surface area contributed by atoms with E-state index in [9.17, 15) is 18.0 Å². The molecule has 0 saturated carbocycles. The van der Waals surface area contributed by atoms with Gasteiger partial charge in [0.05, 0.1) is 6.10 Å². The normalized spacial score (nSPS) is 26.5. The maximum atomic E-state index is 12.4. The third kappa shape index (κ3) is 2.23. The van der Waals surface area contributed by atoms with E-state index in [1.54, 1.807) is 0 Å². The first kappa shape index (κ1) is 12.3. The molecule has 0 radical (unpaired) electrons. The van der Waals surface area contributed by atoms with Crippen molar-refractivity contribution in [3.8, 4) is 0 Å². The molecule has 4 nitrogen and oxygen atoms in total. The van der Waals surface area contributed by atoms with Crippen LogP contribution in [0.1, 0.15) is 13.3 Å². The molecular formula is C8H13F3N2O2. The molecule has 3 N–H and O–H groups in total. The molecular weight excluding hydrogens is 213 g/mol. The number of β-amino-alcohol motifs (C(OH)–C–C–N with tert-alkyl or cyclic N) is 1. The molecule has 88 valence electrons. The molecule has 0 aromatic heterocycles. The van der Waals surface area contributed by atoms with E-state index in [1.807, 2.05) is 0 Å².